The van der Waals surface area contributed by atoms with Gasteiger partial charge in [-0.15, -0.1) is 0 Å². The summed E-state index contributed by atoms with van der Waals surface area (Å²) in [6.45, 7) is -0.341. The van der Waals surface area contributed by atoms with Gasteiger partial charge < -0.3 is 4.90 Å². The van der Waals surface area contributed by atoms with E-state index in [0.717, 1.165) is 10.5 Å². The average molecular weight is 415 g/mol. The van der Waals surface area contributed by atoms with E-state index in [9.17, 15) is 24.5 Å². The van der Waals surface area contributed by atoms with Crippen LogP contribution in [0.2, 0.25) is 0 Å². The van der Waals surface area contributed by atoms with Gasteiger partial charge in [0.25, 0.3) is 17.5 Å². The zero-order valence-electron chi connectivity index (χ0n) is 16.3. The van der Waals surface area contributed by atoms with E-state index in [1.165, 1.54) is 23.1 Å². The lowest BCUT2D eigenvalue weighted by molar-refractivity contribution is -0.384. The van der Waals surface area contributed by atoms with Crippen LogP contribution in [0, 0.1) is 10.1 Å². The lowest BCUT2D eigenvalue weighted by Gasteiger charge is -2.25. The molecule has 31 heavy (non-hydrogen) atoms. The van der Waals surface area contributed by atoms with Gasteiger partial charge in [-0.05, 0) is 23.8 Å². The number of hydrogen-bond donors (Lipinski definition) is 0. The number of carbonyl (C=O) groups is 3. The van der Waals surface area contributed by atoms with Gasteiger partial charge in [-0.25, -0.2) is 0 Å². The zero-order chi connectivity index (χ0) is 22.0. The highest BCUT2D eigenvalue weighted by atomic mass is 16.6. The van der Waals surface area contributed by atoms with Gasteiger partial charge in [-0.2, -0.15) is 0 Å². The van der Waals surface area contributed by atoms with Gasteiger partial charge in [-0.3, -0.25) is 29.4 Å². The summed E-state index contributed by atoms with van der Waals surface area (Å²) in [4.78, 5) is 51.4. The van der Waals surface area contributed by atoms with Crippen molar-refractivity contribution in [2.45, 2.75) is 6.54 Å². The number of benzene rings is 3. The topological polar surface area (TPSA) is 101 Å². The lowest BCUT2D eigenvalue weighted by atomic mass is 10.1. The molecule has 1 aliphatic rings. The summed E-state index contributed by atoms with van der Waals surface area (Å²) in [6.07, 6.45) is 0. The molecule has 0 bridgehead atoms. The van der Waals surface area contributed by atoms with Crippen LogP contribution in [0.3, 0.4) is 0 Å². The maximum Gasteiger partial charge on any atom is 0.271 e. The maximum atomic E-state index is 13.2. The van der Waals surface area contributed by atoms with Crippen molar-refractivity contribution >= 4 is 29.1 Å². The fourth-order valence-corrected chi connectivity index (χ4v) is 3.47. The van der Waals surface area contributed by atoms with E-state index >= 15 is 0 Å². The van der Waals surface area contributed by atoms with Gasteiger partial charge in [-0.1, -0.05) is 48.5 Å². The average Bonchev–Trinajstić information content (AvgIpc) is 3.03. The molecule has 0 radical (unpaired) electrons. The molecule has 0 saturated carbocycles. The minimum atomic E-state index is -0.543. The fraction of sp³-hybridized carbons (Fsp3) is 0.0870. The largest absolute Gasteiger partial charge is 0.306 e. The highest BCUT2D eigenvalue weighted by Gasteiger charge is 2.37. The molecule has 0 aromatic heterocycles. The van der Waals surface area contributed by atoms with Crippen molar-refractivity contribution in [2.75, 3.05) is 11.4 Å². The summed E-state index contributed by atoms with van der Waals surface area (Å²) in [5.74, 6) is -1.60. The third kappa shape index (κ3) is 3.91. The number of hydrogen-bond acceptors (Lipinski definition) is 5. The van der Waals surface area contributed by atoms with Crippen LogP contribution in [0.25, 0.3) is 0 Å². The number of fused-ring (bicyclic) bond motifs is 1. The molecule has 0 fully saturated rings. The lowest BCUT2D eigenvalue weighted by Crippen LogP contribution is -2.42. The molecule has 1 aliphatic heterocycles. The standard InChI is InChI=1S/C23H17N3O5/c27-21(15-25-22(28)19-11-4-5-12-20(19)23(25)29)24(14-16-7-2-1-3-8-16)17-9-6-10-18(13-17)26(30)31/h1-13H,14-15H2. The van der Waals surface area contributed by atoms with E-state index in [0.29, 0.717) is 5.69 Å². The highest BCUT2D eigenvalue weighted by molar-refractivity contribution is 6.22. The molecule has 3 aromatic rings. The Morgan fingerprint density at radius 2 is 1.48 bits per heavy atom. The van der Waals surface area contributed by atoms with Crippen molar-refractivity contribution in [1.29, 1.82) is 0 Å². The van der Waals surface area contributed by atoms with Crippen molar-refractivity contribution in [3.63, 3.8) is 0 Å². The van der Waals surface area contributed by atoms with Gasteiger partial charge in [0.05, 0.1) is 28.3 Å². The number of amides is 3. The SMILES string of the molecule is O=C1c2ccccc2C(=O)N1CC(=O)N(Cc1ccccc1)c1cccc([N+](=O)[O-])c1. The number of imide groups is 1. The Hall–Kier alpha value is -4.33. The zero-order valence-corrected chi connectivity index (χ0v) is 16.3. The monoisotopic (exact) mass is 415 g/mol. The molecular formula is C23H17N3O5. The Bertz CT molecular complexity index is 1160. The molecule has 0 saturated heterocycles. The number of nitro benzene ring substituents is 1. The van der Waals surface area contributed by atoms with Crippen LogP contribution in [0.4, 0.5) is 11.4 Å². The molecule has 0 N–H and O–H groups in total. The number of carbonyl (C=O) groups excluding carboxylic acids is 3. The summed E-state index contributed by atoms with van der Waals surface area (Å²) >= 11 is 0. The molecule has 8 heteroatoms. The molecule has 0 atom stereocenters. The quantitative estimate of drug-likeness (QED) is 0.349. The fourth-order valence-electron chi connectivity index (χ4n) is 3.47. The Morgan fingerprint density at radius 3 is 2.10 bits per heavy atom. The number of non-ortho nitro benzene ring substituents is 1. The van der Waals surface area contributed by atoms with Gasteiger partial charge in [0.2, 0.25) is 5.91 Å². The van der Waals surface area contributed by atoms with Crippen molar-refractivity contribution in [1.82, 2.24) is 4.90 Å². The van der Waals surface area contributed by atoms with E-state index in [4.69, 9.17) is 0 Å². The second-order valence-electron chi connectivity index (χ2n) is 6.98. The van der Waals surface area contributed by atoms with Crippen LogP contribution in [-0.4, -0.2) is 34.1 Å². The molecule has 4 rings (SSSR count). The van der Waals surface area contributed by atoms with Crippen molar-refractivity contribution in [3.05, 3.63) is 106 Å². The molecule has 0 spiro atoms. The minimum absolute atomic E-state index is 0.129. The van der Waals surface area contributed by atoms with Crippen LogP contribution in [-0.2, 0) is 11.3 Å². The molecular weight excluding hydrogens is 398 g/mol. The van der Waals surface area contributed by atoms with Gasteiger partial charge in [0, 0.05) is 12.1 Å². The van der Waals surface area contributed by atoms with E-state index < -0.39 is 29.2 Å². The summed E-state index contributed by atoms with van der Waals surface area (Å²) in [7, 11) is 0. The van der Waals surface area contributed by atoms with E-state index in [-0.39, 0.29) is 23.4 Å². The number of anilines is 1. The van der Waals surface area contributed by atoms with Crippen molar-refractivity contribution < 1.29 is 19.3 Å². The number of rotatable bonds is 6. The Balaban J connectivity index is 1.65. The molecule has 154 valence electrons. The third-order valence-electron chi connectivity index (χ3n) is 5.01. The highest BCUT2D eigenvalue weighted by Crippen LogP contribution is 2.26. The van der Waals surface area contributed by atoms with Crippen LogP contribution < -0.4 is 4.90 Å². The number of nitro groups is 1. The van der Waals surface area contributed by atoms with Crippen LogP contribution in [0.5, 0.6) is 0 Å². The van der Waals surface area contributed by atoms with Crippen LogP contribution >= 0.6 is 0 Å². The first-order valence-electron chi connectivity index (χ1n) is 9.49. The predicted octanol–water partition coefficient (Wildman–Crippen LogP) is 3.42. The Labute approximate surface area is 177 Å². The molecule has 1 heterocycles. The Morgan fingerprint density at radius 1 is 0.871 bits per heavy atom. The molecule has 0 unspecified atom stereocenters. The summed E-state index contributed by atoms with van der Waals surface area (Å²) < 4.78 is 0. The van der Waals surface area contributed by atoms with Crippen LogP contribution in [0.15, 0.2) is 78.9 Å². The van der Waals surface area contributed by atoms with Crippen molar-refractivity contribution in [2.24, 2.45) is 0 Å². The molecule has 8 nitrogen and oxygen atoms in total. The van der Waals surface area contributed by atoms with Gasteiger partial charge in [0.15, 0.2) is 0 Å². The normalized spacial score (nSPS) is 12.6. The number of nitrogens with zero attached hydrogens (tertiary/aromatic N) is 3. The van der Waals surface area contributed by atoms with Crippen LogP contribution in [0.1, 0.15) is 26.3 Å². The first-order valence-corrected chi connectivity index (χ1v) is 9.49. The molecule has 3 aromatic carbocycles. The summed E-state index contributed by atoms with van der Waals surface area (Å²) in [5.41, 5.74) is 1.45. The van der Waals surface area contributed by atoms with Crippen molar-refractivity contribution in [3.8, 4) is 0 Å². The summed E-state index contributed by atoms with van der Waals surface area (Å²) in [6, 6.07) is 21.2. The molecule has 0 aliphatic carbocycles. The minimum Gasteiger partial charge on any atom is -0.306 e. The summed E-state index contributed by atoms with van der Waals surface area (Å²) in [5, 5.41) is 11.2. The Kier molecular flexibility index (Phi) is 5.28. The predicted molar refractivity (Wildman–Crippen MR) is 113 cm³/mol. The maximum absolute atomic E-state index is 13.2. The van der Waals surface area contributed by atoms with Gasteiger partial charge >= 0.3 is 0 Å². The third-order valence-corrected chi connectivity index (χ3v) is 5.01. The molecule has 3 amide bonds. The van der Waals surface area contributed by atoms with E-state index in [2.05, 4.69) is 0 Å². The van der Waals surface area contributed by atoms with Gasteiger partial charge in [0.1, 0.15) is 6.54 Å². The van der Waals surface area contributed by atoms with E-state index in [1.807, 2.05) is 30.3 Å². The first-order chi connectivity index (χ1) is 15.0. The second-order valence-corrected chi connectivity index (χ2v) is 6.98. The smallest absolute Gasteiger partial charge is 0.271 e. The van der Waals surface area contributed by atoms with E-state index in [1.54, 1.807) is 30.3 Å². The second kappa shape index (κ2) is 8.19. The first kappa shape index (κ1) is 20.0.